The van der Waals surface area contributed by atoms with Crippen LogP contribution in [0.25, 0.3) is 64.7 Å². The van der Waals surface area contributed by atoms with Crippen LogP contribution in [0.5, 0.6) is 0 Å². The molecule has 0 saturated carbocycles. The Hall–Kier alpha value is -7.78. The van der Waals surface area contributed by atoms with Crippen molar-refractivity contribution in [1.82, 2.24) is 0 Å². The molecule has 1 nitrogen and oxygen atoms in total. The molecule has 1 aliphatic carbocycles. The summed E-state index contributed by atoms with van der Waals surface area (Å²) in [7, 11) is 0. The van der Waals surface area contributed by atoms with Crippen LogP contribution in [0.2, 0.25) is 0 Å². The van der Waals surface area contributed by atoms with E-state index in [1.807, 2.05) is 11.3 Å². The van der Waals surface area contributed by atoms with E-state index in [0.717, 1.165) is 17.1 Å². The zero-order valence-corrected chi connectivity index (χ0v) is 35.3. The fraction of sp³-hybridized carbons (Fsp3) is 0.0164. The van der Waals surface area contributed by atoms with Crippen molar-refractivity contribution in [2.24, 2.45) is 0 Å². The van der Waals surface area contributed by atoms with Gasteiger partial charge in [0.05, 0.1) is 11.1 Å². The second-order valence-electron chi connectivity index (χ2n) is 16.4. The molecule has 0 aliphatic heterocycles. The van der Waals surface area contributed by atoms with Crippen molar-refractivity contribution in [2.45, 2.75) is 5.41 Å². The van der Waals surface area contributed by atoms with Crippen LogP contribution < -0.4 is 4.90 Å². The Morgan fingerprint density at radius 2 is 0.778 bits per heavy atom. The highest BCUT2D eigenvalue weighted by Gasteiger charge is 2.46. The molecule has 296 valence electrons. The molecule has 0 spiro atoms. The summed E-state index contributed by atoms with van der Waals surface area (Å²) >= 11 is 1.86. The van der Waals surface area contributed by atoms with E-state index in [4.69, 9.17) is 0 Å². The zero-order valence-electron chi connectivity index (χ0n) is 34.5. The van der Waals surface area contributed by atoms with E-state index in [9.17, 15) is 0 Å². The average molecular weight is 820 g/mol. The molecule has 0 saturated heterocycles. The Balaban J connectivity index is 1.11. The molecule has 1 aromatic heterocycles. The van der Waals surface area contributed by atoms with Crippen molar-refractivity contribution >= 4 is 48.6 Å². The van der Waals surface area contributed by atoms with Gasteiger partial charge in [0.15, 0.2) is 0 Å². The van der Waals surface area contributed by atoms with Crippen LogP contribution in [0, 0.1) is 0 Å². The predicted molar refractivity (Wildman–Crippen MR) is 268 cm³/mol. The van der Waals surface area contributed by atoms with Gasteiger partial charge in [-0.05, 0) is 110 Å². The Morgan fingerprint density at radius 3 is 1.48 bits per heavy atom. The fourth-order valence-electron chi connectivity index (χ4n) is 10.1. The van der Waals surface area contributed by atoms with E-state index < -0.39 is 5.41 Å². The maximum atomic E-state index is 2.49. The van der Waals surface area contributed by atoms with E-state index >= 15 is 0 Å². The highest BCUT2D eigenvalue weighted by Crippen LogP contribution is 2.58. The molecule has 0 fully saturated rings. The van der Waals surface area contributed by atoms with Crippen molar-refractivity contribution in [3.8, 4) is 44.5 Å². The normalized spacial score (nSPS) is 12.6. The van der Waals surface area contributed by atoms with E-state index in [1.54, 1.807) is 0 Å². The van der Waals surface area contributed by atoms with Gasteiger partial charge in [0.1, 0.15) is 0 Å². The van der Waals surface area contributed by atoms with Crippen LogP contribution in [0.3, 0.4) is 0 Å². The lowest BCUT2D eigenvalue weighted by Crippen LogP contribution is -2.28. The number of benzene rings is 10. The van der Waals surface area contributed by atoms with Crippen molar-refractivity contribution in [1.29, 1.82) is 0 Å². The van der Waals surface area contributed by atoms with Crippen LogP contribution in [0.15, 0.2) is 249 Å². The lowest BCUT2D eigenvalue weighted by Gasteiger charge is -2.35. The number of thiophene rings is 1. The summed E-state index contributed by atoms with van der Waals surface area (Å²) in [5.74, 6) is 0. The summed E-state index contributed by atoms with van der Waals surface area (Å²) < 4.78 is 2.59. The predicted octanol–water partition coefficient (Wildman–Crippen LogP) is 16.9. The summed E-state index contributed by atoms with van der Waals surface area (Å²) in [6.07, 6.45) is 0. The van der Waals surface area contributed by atoms with Gasteiger partial charge in [-0.3, -0.25) is 0 Å². The first-order valence-electron chi connectivity index (χ1n) is 21.7. The van der Waals surface area contributed by atoms with Gasteiger partial charge in [-0.15, -0.1) is 11.3 Å². The number of fused-ring (bicyclic) bond motifs is 6. The van der Waals surface area contributed by atoms with Gasteiger partial charge in [0.25, 0.3) is 0 Å². The van der Waals surface area contributed by atoms with E-state index in [-0.39, 0.29) is 0 Å². The molecule has 0 radical (unpaired) electrons. The first kappa shape index (κ1) is 37.0. The topological polar surface area (TPSA) is 3.24 Å². The van der Waals surface area contributed by atoms with E-state index in [0.29, 0.717) is 0 Å². The fourth-order valence-corrected chi connectivity index (χ4v) is 11.2. The van der Waals surface area contributed by atoms with Gasteiger partial charge in [-0.1, -0.05) is 200 Å². The second-order valence-corrected chi connectivity index (χ2v) is 17.5. The Bertz CT molecular complexity index is 3390. The largest absolute Gasteiger partial charge is 0.310 e. The van der Waals surface area contributed by atoms with Gasteiger partial charge in [-0.2, -0.15) is 0 Å². The van der Waals surface area contributed by atoms with Gasteiger partial charge in [0, 0.05) is 37.1 Å². The highest BCUT2D eigenvalue weighted by atomic mass is 32.1. The van der Waals surface area contributed by atoms with Crippen molar-refractivity contribution in [2.75, 3.05) is 4.90 Å². The molecule has 2 heteroatoms. The second kappa shape index (κ2) is 15.3. The third-order valence-electron chi connectivity index (χ3n) is 13.0. The zero-order chi connectivity index (χ0) is 41.7. The number of hydrogen-bond acceptors (Lipinski definition) is 2. The number of anilines is 3. The Kier molecular flexibility index (Phi) is 8.98. The Morgan fingerprint density at radius 1 is 0.302 bits per heavy atom. The first-order chi connectivity index (χ1) is 31.2. The first-order valence-corrected chi connectivity index (χ1v) is 22.5. The molecule has 0 atom stereocenters. The number of para-hydroxylation sites is 1. The lowest BCUT2D eigenvalue weighted by molar-refractivity contribution is 0.768. The maximum absolute atomic E-state index is 2.49. The quantitative estimate of drug-likeness (QED) is 0.148. The molecule has 0 amide bonds. The SMILES string of the molecule is c1ccc(-c2ccc(-c3ccccc3N(c3ccc4c(c3)C(c3ccccc3)(c3ccccc3)c3cc(-c5ccccc5)ccc3-4)c3ccc4sc5ccccc5c4c3)cc2)cc1. The molecule has 12 rings (SSSR count). The van der Waals surface area contributed by atoms with Gasteiger partial charge in [-0.25, -0.2) is 0 Å². The summed E-state index contributed by atoms with van der Waals surface area (Å²) in [6.45, 7) is 0. The molecule has 10 aromatic carbocycles. The van der Waals surface area contributed by atoms with Crippen LogP contribution >= 0.6 is 11.3 Å². The van der Waals surface area contributed by atoms with Gasteiger partial charge >= 0.3 is 0 Å². The molecule has 0 unspecified atom stereocenters. The summed E-state index contributed by atoms with van der Waals surface area (Å²) in [5.41, 5.74) is 17.5. The molecule has 63 heavy (non-hydrogen) atoms. The van der Waals surface area contributed by atoms with Crippen molar-refractivity contribution in [3.05, 3.63) is 271 Å². The molecule has 0 bridgehead atoms. The molecule has 11 aromatic rings. The highest BCUT2D eigenvalue weighted by molar-refractivity contribution is 7.25. The molecular weight excluding hydrogens is 779 g/mol. The van der Waals surface area contributed by atoms with Crippen molar-refractivity contribution < 1.29 is 0 Å². The van der Waals surface area contributed by atoms with Gasteiger partial charge in [0.2, 0.25) is 0 Å². The van der Waals surface area contributed by atoms with Gasteiger partial charge < -0.3 is 4.90 Å². The smallest absolute Gasteiger partial charge is 0.0714 e. The van der Waals surface area contributed by atoms with Crippen LogP contribution in [0.1, 0.15) is 22.3 Å². The monoisotopic (exact) mass is 819 g/mol. The van der Waals surface area contributed by atoms with Crippen LogP contribution in [-0.2, 0) is 5.41 Å². The van der Waals surface area contributed by atoms with Crippen LogP contribution in [0.4, 0.5) is 17.1 Å². The van der Waals surface area contributed by atoms with E-state index in [2.05, 4.69) is 254 Å². The minimum absolute atomic E-state index is 0.583. The molecular formula is C61H41NS. The third kappa shape index (κ3) is 6.14. The molecule has 1 aliphatic rings. The minimum Gasteiger partial charge on any atom is -0.310 e. The third-order valence-corrected chi connectivity index (χ3v) is 14.1. The summed E-state index contributed by atoms with van der Waals surface area (Å²) in [5, 5.41) is 2.56. The number of nitrogens with zero attached hydrogens (tertiary/aromatic N) is 1. The van der Waals surface area contributed by atoms with E-state index in [1.165, 1.54) is 86.9 Å². The minimum atomic E-state index is -0.583. The van der Waals surface area contributed by atoms with Crippen LogP contribution in [-0.4, -0.2) is 0 Å². The molecule has 0 N–H and O–H groups in total. The van der Waals surface area contributed by atoms with Crippen molar-refractivity contribution in [3.63, 3.8) is 0 Å². The standard InChI is InChI=1S/C61H41NS/c1-5-17-42(18-6-1)44-29-31-45(32-30-44)51-25-13-15-27-58(51)62(49-35-38-60-55(40-49)54-26-14-16-28-59(54)63-60)50-34-37-53-52-36-33-46(43-19-7-2-8-20-43)39-56(52)61(57(53)41-50,47-21-9-3-10-22-47)48-23-11-4-12-24-48/h1-41H. The summed E-state index contributed by atoms with van der Waals surface area (Å²) in [4.78, 5) is 2.49. The molecule has 1 heterocycles. The lowest BCUT2D eigenvalue weighted by atomic mass is 9.67. The number of hydrogen-bond donors (Lipinski definition) is 0. The summed E-state index contributed by atoms with van der Waals surface area (Å²) in [6, 6.07) is 91.7. The number of rotatable bonds is 8. The maximum Gasteiger partial charge on any atom is 0.0714 e. The average Bonchev–Trinajstić information content (AvgIpc) is 3.88. The Labute approximate surface area is 372 Å².